The first-order chi connectivity index (χ1) is 13.3. The molecule has 0 aliphatic carbocycles. The van der Waals surface area contributed by atoms with E-state index < -0.39 is 0 Å². The van der Waals surface area contributed by atoms with Crippen molar-refractivity contribution in [1.29, 1.82) is 5.26 Å². The van der Waals surface area contributed by atoms with Gasteiger partial charge in [-0.3, -0.25) is 4.40 Å². The minimum absolute atomic E-state index is 0.707. The van der Waals surface area contributed by atoms with Crippen LogP contribution in [0.25, 0.3) is 16.7 Å². The molecule has 27 heavy (non-hydrogen) atoms. The predicted molar refractivity (Wildman–Crippen MR) is 113 cm³/mol. The van der Waals surface area contributed by atoms with E-state index in [4.69, 9.17) is 4.98 Å². The van der Waals surface area contributed by atoms with E-state index in [1.54, 1.807) is 0 Å². The quantitative estimate of drug-likeness (QED) is 0.444. The minimum Gasteiger partial charge on any atom is -0.371 e. The van der Waals surface area contributed by atoms with Crippen LogP contribution in [0.5, 0.6) is 0 Å². The minimum atomic E-state index is 0.707. The van der Waals surface area contributed by atoms with Gasteiger partial charge in [0.25, 0.3) is 0 Å². The first-order valence-corrected chi connectivity index (χ1v) is 10.4. The lowest BCUT2D eigenvalue weighted by atomic mass is 10.1. The summed E-state index contributed by atoms with van der Waals surface area (Å²) in [5.41, 5.74) is 4.56. The Balaban J connectivity index is 1.89. The van der Waals surface area contributed by atoms with Crippen LogP contribution >= 0.6 is 0 Å². The van der Waals surface area contributed by atoms with Crippen LogP contribution in [0.1, 0.15) is 69.9 Å². The van der Waals surface area contributed by atoms with Crippen LogP contribution in [0, 0.1) is 11.3 Å². The molecule has 0 fully saturated rings. The zero-order valence-corrected chi connectivity index (χ0v) is 16.6. The van der Waals surface area contributed by atoms with E-state index in [1.807, 2.05) is 18.2 Å². The Morgan fingerprint density at radius 1 is 1.04 bits per heavy atom. The highest BCUT2D eigenvalue weighted by Crippen LogP contribution is 2.27. The molecule has 142 valence electrons. The Morgan fingerprint density at radius 3 is 2.59 bits per heavy atom. The predicted octanol–water partition coefficient (Wildman–Crippen LogP) is 6.08. The molecule has 4 heteroatoms. The van der Waals surface area contributed by atoms with E-state index in [-0.39, 0.29) is 0 Å². The van der Waals surface area contributed by atoms with Gasteiger partial charge in [0.15, 0.2) is 5.65 Å². The third-order valence-corrected chi connectivity index (χ3v) is 5.12. The van der Waals surface area contributed by atoms with E-state index in [9.17, 15) is 5.26 Å². The van der Waals surface area contributed by atoms with Crippen LogP contribution in [-0.4, -0.2) is 15.9 Å². The Bertz CT molecular complexity index is 933. The number of hydrogen-bond donors (Lipinski definition) is 1. The third kappa shape index (κ3) is 4.24. The molecule has 0 aliphatic rings. The molecule has 0 saturated heterocycles. The number of rotatable bonds is 10. The molecule has 4 nitrogen and oxygen atoms in total. The maximum atomic E-state index is 9.75. The highest BCUT2D eigenvalue weighted by Gasteiger charge is 2.16. The van der Waals surface area contributed by atoms with Gasteiger partial charge in [0.1, 0.15) is 11.9 Å². The third-order valence-electron chi connectivity index (χ3n) is 5.12. The molecular weight excluding hydrogens is 332 g/mol. The highest BCUT2D eigenvalue weighted by molar-refractivity contribution is 5.85. The SMILES string of the molecule is CCCCCCCCNc1cc(CCC)c(C#N)c2nc3ccccc3n12. The summed E-state index contributed by atoms with van der Waals surface area (Å²) in [5, 5.41) is 13.4. The van der Waals surface area contributed by atoms with Crippen LogP contribution in [0.4, 0.5) is 5.82 Å². The van der Waals surface area contributed by atoms with E-state index in [0.717, 1.165) is 47.4 Å². The topological polar surface area (TPSA) is 53.1 Å². The summed E-state index contributed by atoms with van der Waals surface area (Å²) in [6.45, 7) is 5.35. The normalized spacial score (nSPS) is 11.1. The van der Waals surface area contributed by atoms with Crippen molar-refractivity contribution in [3.8, 4) is 6.07 Å². The zero-order chi connectivity index (χ0) is 19.1. The van der Waals surface area contributed by atoms with Gasteiger partial charge in [-0.05, 0) is 36.6 Å². The Kier molecular flexibility index (Phi) is 6.70. The maximum Gasteiger partial charge on any atom is 0.157 e. The number of aryl methyl sites for hydroxylation is 1. The van der Waals surface area contributed by atoms with Crippen molar-refractivity contribution in [3.63, 3.8) is 0 Å². The fourth-order valence-electron chi connectivity index (χ4n) is 3.72. The number of benzene rings is 1. The summed E-state index contributed by atoms with van der Waals surface area (Å²) in [6, 6.07) is 12.7. The second-order valence-corrected chi connectivity index (χ2v) is 7.25. The molecule has 3 aromatic rings. The molecule has 1 N–H and O–H groups in total. The average Bonchev–Trinajstić information content (AvgIpc) is 3.07. The Hall–Kier alpha value is -2.54. The van der Waals surface area contributed by atoms with Gasteiger partial charge in [-0.1, -0.05) is 64.5 Å². The van der Waals surface area contributed by atoms with Gasteiger partial charge in [0, 0.05) is 6.54 Å². The van der Waals surface area contributed by atoms with Gasteiger partial charge in [-0.2, -0.15) is 5.26 Å². The van der Waals surface area contributed by atoms with Crippen LogP contribution < -0.4 is 5.32 Å². The number of anilines is 1. The molecule has 0 atom stereocenters. The first-order valence-electron chi connectivity index (χ1n) is 10.4. The Morgan fingerprint density at radius 2 is 1.81 bits per heavy atom. The van der Waals surface area contributed by atoms with E-state index in [2.05, 4.69) is 41.8 Å². The number of nitrogens with one attached hydrogen (secondary N) is 1. The molecule has 0 amide bonds. The lowest BCUT2D eigenvalue weighted by Crippen LogP contribution is -2.08. The second kappa shape index (κ2) is 9.41. The number of fused-ring (bicyclic) bond motifs is 3. The molecular formula is C23H30N4. The van der Waals surface area contributed by atoms with E-state index in [0.29, 0.717) is 5.56 Å². The van der Waals surface area contributed by atoms with Gasteiger partial charge in [-0.15, -0.1) is 0 Å². The van der Waals surface area contributed by atoms with Crippen LogP contribution in [0.15, 0.2) is 30.3 Å². The molecule has 0 spiro atoms. The fourth-order valence-corrected chi connectivity index (χ4v) is 3.72. The monoisotopic (exact) mass is 362 g/mol. The maximum absolute atomic E-state index is 9.75. The smallest absolute Gasteiger partial charge is 0.157 e. The van der Waals surface area contributed by atoms with Crippen molar-refractivity contribution in [2.75, 3.05) is 11.9 Å². The van der Waals surface area contributed by atoms with E-state index >= 15 is 0 Å². The van der Waals surface area contributed by atoms with Crippen molar-refractivity contribution in [3.05, 3.63) is 41.5 Å². The molecule has 3 rings (SSSR count). The number of nitrogens with zero attached hydrogens (tertiary/aromatic N) is 3. The van der Waals surface area contributed by atoms with Gasteiger partial charge in [0.2, 0.25) is 0 Å². The number of aromatic nitrogens is 2. The summed E-state index contributed by atoms with van der Waals surface area (Å²) in [5.74, 6) is 1.05. The number of hydrogen-bond acceptors (Lipinski definition) is 3. The zero-order valence-electron chi connectivity index (χ0n) is 16.6. The Labute approximate surface area is 162 Å². The summed E-state index contributed by atoms with van der Waals surface area (Å²) in [4.78, 5) is 4.77. The summed E-state index contributed by atoms with van der Waals surface area (Å²) < 4.78 is 2.12. The summed E-state index contributed by atoms with van der Waals surface area (Å²) in [7, 11) is 0. The molecule has 0 saturated carbocycles. The van der Waals surface area contributed by atoms with Crippen LogP contribution in [-0.2, 0) is 6.42 Å². The lowest BCUT2D eigenvalue weighted by Gasteiger charge is -2.14. The highest BCUT2D eigenvalue weighted by atomic mass is 15.1. The first kappa shape index (κ1) is 19.2. The van der Waals surface area contributed by atoms with Crippen LogP contribution in [0.3, 0.4) is 0 Å². The van der Waals surface area contributed by atoms with Crippen molar-refractivity contribution in [2.24, 2.45) is 0 Å². The number of nitriles is 1. The largest absolute Gasteiger partial charge is 0.371 e. The average molecular weight is 363 g/mol. The standard InChI is InChI=1S/C23H30N4/c1-3-5-6-7-8-11-15-25-22-16-18(12-4-2)19(17-24)23-26-20-13-9-10-14-21(20)27(22)23/h9-10,13-14,16,25H,3-8,11-12,15H2,1-2H3. The van der Waals surface area contributed by atoms with Crippen molar-refractivity contribution >= 4 is 22.5 Å². The summed E-state index contributed by atoms with van der Waals surface area (Å²) in [6.07, 6.45) is 9.62. The lowest BCUT2D eigenvalue weighted by molar-refractivity contribution is 0.616. The van der Waals surface area contributed by atoms with Gasteiger partial charge in [-0.25, -0.2) is 4.98 Å². The molecule has 0 aliphatic heterocycles. The molecule has 0 bridgehead atoms. The van der Waals surface area contributed by atoms with Gasteiger partial charge >= 0.3 is 0 Å². The van der Waals surface area contributed by atoms with Crippen molar-refractivity contribution < 1.29 is 0 Å². The van der Waals surface area contributed by atoms with E-state index in [1.165, 1.54) is 38.5 Å². The van der Waals surface area contributed by atoms with Gasteiger partial charge in [0.05, 0.1) is 16.6 Å². The molecule has 0 unspecified atom stereocenters. The fraction of sp³-hybridized carbons (Fsp3) is 0.478. The number of unbranched alkanes of at least 4 members (excludes halogenated alkanes) is 5. The van der Waals surface area contributed by atoms with Crippen molar-refractivity contribution in [1.82, 2.24) is 9.38 Å². The second-order valence-electron chi connectivity index (χ2n) is 7.25. The number of imidazole rings is 1. The van der Waals surface area contributed by atoms with Crippen LogP contribution in [0.2, 0.25) is 0 Å². The molecule has 0 radical (unpaired) electrons. The molecule has 1 aromatic carbocycles. The van der Waals surface area contributed by atoms with Gasteiger partial charge < -0.3 is 5.32 Å². The summed E-state index contributed by atoms with van der Waals surface area (Å²) >= 11 is 0. The number of para-hydroxylation sites is 2. The molecule has 2 heterocycles. The van der Waals surface area contributed by atoms with Crippen molar-refractivity contribution in [2.45, 2.75) is 65.2 Å². The number of pyridine rings is 1. The molecule has 2 aromatic heterocycles.